The third-order valence-corrected chi connectivity index (χ3v) is 2.80. The van der Waals surface area contributed by atoms with Crippen LogP contribution in [0.3, 0.4) is 0 Å². The fourth-order valence-corrected chi connectivity index (χ4v) is 1.76. The largest absolute Gasteiger partial charge is 0.382 e. The van der Waals surface area contributed by atoms with Crippen LogP contribution >= 0.6 is 0 Å². The number of anilines is 2. The lowest BCUT2D eigenvalue weighted by molar-refractivity contribution is 0.437. The molecule has 0 saturated heterocycles. The summed E-state index contributed by atoms with van der Waals surface area (Å²) < 4.78 is 0. The molecule has 84 valence electrons. The number of hydrogen-bond donors (Lipinski definition) is 2. The molecule has 0 saturated carbocycles. The van der Waals surface area contributed by atoms with E-state index in [1.165, 1.54) is 12.8 Å². The maximum Gasteiger partial charge on any atom is 0.144 e. The Kier molecular flexibility index (Phi) is 4.34. The highest BCUT2D eigenvalue weighted by Crippen LogP contribution is 2.16. The van der Waals surface area contributed by atoms with Crippen LogP contribution in [0.25, 0.3) is 0 Å². The monoisotopic (exact) mass is 208 g/mol. The van der Waals surface area contributed by atoms with Gasteiger partial charge in [-0.25, -0.2) is 9.97 Å². The van der Waals surface area contributed by atoms with Crippen molar-refractivity contribution in [2.45, 2.75) is 39.7 Å². The highest BCUT2D eigenvalue weighted by Gasteiger charge is 2.13. The SMILES string of the molecule is CCC(CC)C(C)Nc1cnc(N)cn1. The van der Waals surface area contributed by atoms with Crippen LogP contribution in [0.5, 0.6) is 0 Å². The zero-order chi connectivity index (χ0) is 11.3. The number of hydrogen-bond acceptors (Lipinski definition) is 4. The van der Waals surface area contributed by atoms with Crippen LogP contribution in [0.4, 0.5) is 11.6 Å². The fraction of sp³-hybridized carbons (Fsp3) is 0.636. The van der Waals surface area contributed by atoms with Crippen LogP contribution in [0.1, 0.15) is 33.6 Å². The van der Waals surface area contributed by atoms with Gasteiger partial charge >= 0.3 is 0 Å². The van der Waals surface area contributed by atoms with E-state index in [4.69, 9.17) is 5.73 Å². The molecule has 0 aromatic carbocycles. The number of rotatable bonds is 5. The van der Waals surface area contributed by atoms with E-state index in [0.717, 1.165) is 5.82 Å². The molecule has 0 aliphatic rings. The summed E-state index contributed by atoms with van der Waals surface area (Å²) in [5.74, 6) is 1.92. The fourth-order valence-electron chi connectivity index (χ4n) is 1.76. The summed E-state index contributed by atoms with van der Waals surface area (Å²) in [5, 5.41) is 3.34. The molecular formula is C11H20N4. The smallest absolute Gasteiger partial charge is 0.144 e. The Bertz CT molecular complexity index is 279. The van der Waals surface area contributed by atoms with Crippen molar-refractivity contribution >= 4 is 11.6 Å². The minimum atomic E-state index is 0.415. The lowest BCUT2D eigenvalue weighted by Gasteiger charge is -2.22. The van der Waals surface area contributed by atoms with Crippen LogP contribution in [-0.4, -0.2) is 16.0 Å². The Morgan fingerprint density at radius 1 is 1.27 bits per heavy atom. The Morgan fingerprint density at radius 3 is 2.40 bits per heavy atom. The van der Waals surface area contributed by atoms with Gasteiger partial charge in [0, 0.05) is 6.04 Å². The molecule has 1 aromatic heterocycles. The first-order chi connectivity index (χ1) is 7.17. The van der Waals surface area contributed by atoms with Crippen LogP contribution in [0.15, 0.2) is 12.4 Å². The van der Waals surface area contributed by atoms with Gasteiger partial charge in [-0.2, -0.15) is 0 Å². The predicted octanol–water partition coefficient (Wildman–Crippen LogP) is 2.30. The average Bonchev–Trinajstić information content (AvgIpc) is 2.23. The van der Waals surface area contributed by atoms with Crippen molar-refractivity contribution in [3.8, 4) is 0 Å². The highest BCUT2D eigenvalue weighted by molar-refractivity contribution is 5.36. The molecule has 0 aliphatic carbocycles. The predicted molar refractivity (Wildman–Crippen MR) is 63.6 cm³/mol. The lowest BCUT2D eigenvalue weighted by atomic mass is 9.96. The second-order valence-electron chi connectivity index (χ2n) is 3.84. The zero-order valence-electron chi connectivity index (χ0n) is 9.70. The third-order valence-electron chi connectivity index (χ3n) is 2.80. The molecule has 1 atom stereocenters. The van der Waals surface area contributed by atoms with E-state index < -0.39 is 0 Å². The van der Waals surface area contributed by atoms with E-state index in [9.17, 15) is 0 Å². The van der Waals surface area contributed by atoms with Gasteiger partial charge in [0.15, 0.2) is 0 Å². The quantitative estimate of drug-likeness (QED) is 0.779. The minimum absolute atomic E-state index is 0.415. The normalized spacial score (nSPS) is 12.8. The standard InChI is InChI=1S/C11H20N4/c1-4-9(5-2)8(3)15-11-7-13-10(12)6-14-11/h6-9H,4-5H2,1-3H3,(H2,12,13)(H,14,15). The van der Waals surface area contributed by atoms with E-state index in [1.807, 2.05) is 0 Å². The molecule has 0 bridgehead atoms. The number of aromatic nitrogens is 2. The van der Waals surface area contributed by atoms with Crippen molar-refractivity contribution in [1.82, 2.24) is 9.97 Å². The van der Waals surface area contributed by atoms with Crippen molar-refractivity contribution in [1.29, 1.82) is 0 Å². The van der Waals surface area contributed by atoms with Gasteiger partial charge in [-0.1, -0.05) is 26.7 Å². The van der Waals surface area contributed by atoms with Crippen LogP contribution < -0.4 is 11.1 Å². The van der Waals surface area contributed by atoms with Crippen LogP contribution in [0, 0.1) is 5.92 Å². The second kappa shape index (κ2) is 5.53. The van der Waals surface area contributed by atoms with Gasteiger partial charge in [-0.05, 0) is 12.8 Å². The van der Waals surface area contributed by atoms with E-state index in [2.05, 4.69) is 36.1 Å². The molecule has 3 N–H and O–H groups in total. The molecule has 0 fully saturated rings. The van der Waals surface area contributed by atoms with Gasteiger partial charge in [0.1, 0.15) is 11.6 Å². The number of nitrogen functional groups attached to an aromatic ring is 1. The zero-order valence-corrected chi connectivity index (χ0v) is 9.70. The Labute approximate surface area is 91.3 Å². The Balaban J connectivity index is 2.57. The molecule has 0 radical (unpaired) electrons. The molecule has 15 heavy (non-hydrogen) atoms. The highest BCUT2D eigenvalue weighted by atomic mass is 15.0. The van der Waals surface area contributed by atoms with E-state index in [1.54, 1.807) is 12.4 Å². The summed E-state index contributed by atoms with van der Waals surface area (Å²) in [7, 11) is 0. The summed E-state index contributed by atoms with van der Waals surface area (Å²) in [6, 6.07) is 0.415. The topological polar surface area (TPSA) is 63.8 Å². The maximum absolute atomic E-state index is 5.47. The molecule has 1 rings (SSSR count). The summed E-state index contributed by atoms with van der Waals surface area (Å²) >= 11 is 0. The van der Waals surface area contributed by atoms with Crippen molar-refractivity contribution in [2.24, 2.45) is 5.92 Å². The molecule has 1 unspecified atom stereocenters. The molecule has 4 nitrogen and oxygen atoms in total. The summed E-state index contributed by atoms with van der Waals surface area (Å²) in [5.41, 5.74) is 5.47. The van der Waals surface area contributed by atoms with E-state index in [0.29, 0.717) is 17.8 Å². The van der Waals surface area contributed by atoms with Gasteiger partial charge in [-0.3, -0.25) is 0 Å². The van der Waals surface area contributed by atoms with Gasteiger partial charge in [0.25, 0.3) is 0 Å². The van der Waals surface area contributed by atoms with Gasteiger partial charge < -0.3 is 11.1 Å². The lowest BCUT2D eigenvalue weighted by Crippen LogP contribution is -2.25. The van der Waals surface area contributed by atoms with E-state index >= 15 is 0 Å². The average molecular weight is 208 g/mol. The Hall–Kier alpha value is -1.32. The van der Waals surface area contributed by atoms with Crippen molar-refractivity contribution in [3.05, 3.63) is 12.4 Å². The van der Waals surface area contributed by atoms with Crippen LogP contribution in [-0.2, 0) is 0 Å². The van der Waals surface area contributed by atoms with Gasteiger partial charge in [-0.15, -0.1) is 0 Å². The van der Waals surface area contributed by atoms with Crippen molar-refractivity contribution in [3.63, 3.8) is 0 Å². The molecule has 1 aromatic rings. The molecule has 0 spiro atoms. The second-order valence-corrected chi connectivity index (χ2v) is 3.84. The number of nitrogens with one attached hydrogen (secondary N) is 1. The first-order valence-corrected chi connectivity index (χ1v) is 5.51. The van der Waals surface area contributed by atoms with Gasteiger partial charge in [0.2, 0.25) is 0 Å². The van der Waals surface area contributed by atoms with Gasteiger partial charge in [0.05, 0.1) is 12.4 Å². The van der Waals surface area contributed by atoms with Crippen LogP contribution in [0.2, 0.25) is 0 Å². The molecule has 0 amide bonds. The summed E-state index contributed by atoms with van der Waals surface area (Å²) in [4.78, 5) is 8.17. The molecule has 4 heteroatoms. The summed E-state index contributed by atoms with van der Waals surface area (Å²) in [6.45, 7) is 6.59. The number of nitrogens with zero attached hydrogens (tertiary/aromatic N) is 2. The molecule has 0 aliphatic heterocycles. The minimum Gasteiger partial charge on any atom is -0.382 e. The molecular weight excluding hydrogens is 188 g/mol. The third kappa shape index (κ3) is 3.38. The first-order valence-electron chi connectivity index (χ1n) is 5.51. The Morgan fingerprint density at radius 2 is 1.93 bits per heavy atom. The van der Waals surface area contributed by atoms with Crippen molar-refractivity contribution < 1.29 is 0 Å². The van der Waals surface area contributed by atoms with Crippen molar-refractivity contribution in [2.75, 3.05) is 11.1 Å². The maximum atomic E-state index is 5.47. The van der Waals surface area contributed by atoms with E-state index in [-0.39, 0.29) is 0 Å². The summed E-state index contributed by atoms with van der Waals surface area (Å²) in [6.07, 6.45) is 5.59. The first kappa shape index (κ1) is 11.8. The molecule has 1 heterocycles. The number of nitrogens with two attached hydrogens (primary N) is 1.